The van der Waals surface area contributed by atoms with E-state index in [1.807, 2.05) is 13.0 Å². The number of nitrogens with one attached hydrogen (secondary N) is 1. The van der Waals surface area contributed by atoms with Gasteiger partial charge in [0, 0.05) is 12.6 Å². The third-order valence-electron chi connectivity index (χ3n) is 3.46. The number of nitrogens with zero attached hydrogens (tertiary/aromatic N) is 1. The molecule has 2 rings (SSSR count). The smallest absolute Gasteiger partial charge is 0.209 e. The van der Waals surface area contributed by atoms with E-state index in [4.69, 9.17) is 9.52 Å². The van der Waals surface area contributed by atoms with Gasteiger partial charge in [-0.1, -0.05) is 26.8 Å². The largest absolute Gasteiger partial charge is 0.439 e. The van der Waals surface area contributed by atoms with Gasteiger partial charge in [-0.25, -0.2) is 4.98 Å². The zero-order chi connectivity index (χ0) is 14.8. The van der Waals surface area contributed by atoms with Crippen LogP contribution < -0.4 is 5.32 Å². The molecule has 2 aromatic rings. The molecule has 0 amide bonds. The standard InChI is InChI=1S/C16H24N2O2/c1-11(7-8-19)17-10-15-18-13-9-12(16(2,3)4)5-6-14(13)20-15/h5-6,9,11,17,19H,7-8,10H2,1-4H3/t11-/m0/s1. The lowest BCUT2D eigenvalue weighted by Gasteiger charge is -2.18. The molecule has 0 unspecified atom stereocenters. The van der Waals surface area contributed by atoms with Gasteiger partial charge >= 0.3 is 0 Å². The molecule has 2 N–H and O–H groups in total. The van der Waals surface area contributed by atoms with E-state index in [2.05, 4.69) is 43.2 Å². The van der Waals surface area contributed by atoms with Crippen LogP contribution in [0.25, 0.3) is 11.1 Å². The van der Waals surface area contributed by atoms with Gasteiger partial charge in [0.25, 0.3) is 0 Å². The average molecular weight is 276 g/mol. The fraction of sp³-hybridized carbons (Fsp3) is 0.562. The first-order chi connectivity index (χ1) is 9.40. The van der Waals surface area contributed by atoms with Crippen molar-refractivity contribution >= 4 is 11.1 Å². The van der Waals surface area contributed by atoms with Gasteiger partial charge < -0.3 is 14.8 Å². The van der Waals surface area contributed by atoms with Crippen molar-refractivity contribution < 1.29 is 9.52 Å². The molecule has 4 heteroatoms. The van der Waals surface area contributed by atoms with E-state index in [9.17, 15) is 0 Å². The number of fused-ring (bicyclic) bond motifs is 1. The van der Waals surface area contributed by atoms with Crippen LogP contribution in [0.4, 0.5) is 0 Å². The Morgan fingerprint density at radius 2 is 2.10 bits per heavy atom. The van der Waals surface area contributed by atoms with Gasteiger partial charge in [-0.2, -0.15) is 0 Å². The van der Waals surface area contributed by atoms with E-state index in [0.717, 1.165) is 17.5 Å². The molecule has 0 radical (unpaired) electrons. The summed E-state index contributed by atoms with van der Waals surface area (Å²) < 4.78 is 5.73. The van der Waals surface area contributed by atoms with Gasteiger partial charge in [-0.3, -0.25) is 0 Å². The molecule has 0 aliphatic heterocycles. The number of aliphatic hydroxyl groups excluding tert-OH is 1. The van der Waals surface area contributed by atoms with Crippen molar-refractivity contribution in [3.05, 3.63) is 29.7 Å². The molecule has 0 aliphatic rings. The minimum Gasteiger partial charge on any atom is -0.439 e. The highest BCUT2D eigenvalue weighted by atomic mass is 16.3. The zero-order valence-electron chi connectivity index (χ0n) is 12.7. The highest BCUT2D eigenvalue weighted by Gasteiger charge is 2.15. The maximum absolute atomic E-state index is 8.88. The van der Waals surface area contributed by atoms with Crippen molar-refractivity contribution in [2.24, 2.45) is 0 Å². The predicted molar refractivity (Wildman–Crippen MR) is 80.7 cm³/mol. The van der Waals surface area contributed by atoms with Crippen molar-refractivity contribution in [3.63, 3.8) is 0 Å². The normalized spacial score (nSPS) is 13.8. The quantitative estimate of drug-likeness (QED) is 0.881. The number of hydrogen-bond donors (Lipinski definition) is 2. The van der Waals surface area contributed by atoms with Crippen LogP contribution in [0.3, 0.4) is 0 Å². The molecular formula is C16H24N2O2. The lowest BCUT2D eigenvalue weighted by Crippen LogP contribution is -2.26. The molecule has 0 aliphatic carbocycles. The number of aliphatic hydroxyl groups is 1. The molecule has 0 spiro atoms. The van der Waals surface area contributed by atoms with E-state index in [-0.39, 0.29) is 18.1 Å². The Morgan fingerprint density at radius 3 is 2.75 bits per heavy atom. The third kappa shape index (κ3) is 3.58. The Morgan fingerprint density at radius 1 is 1.35 bits per heavy atom. The van der Waals surface area contributed by atoms with E-state index >= 15 is 0 Å². The minimum absolute atomic E-state index is 0.112. The zero-order valence-corrected chi connectivity index (χ0v) is 12.7. The lowest BCUT2D eigenvalue weighted by atomic mass is 9.87. The predicted octanol–water partition coefficient (Wildman–Crippen LogP) is 2.99. The second-order valence-electron chi connectivity index (χ2n) is 6.33. The molecule has 0 saturated heterocycles. The molecule has 20 heavy (non-hydrogen) atoms. The molecule has 1 heterocycles. The summed E-state index contributed by atoms with van der Waals surface area (Å²) in [6.45, 7) is 9.38. The summed E-state index contributed by atoms with van der Waals surface area (Å²) in [5.74, 6) is 0.691. The van der Waals surface area contributed by atoms with Crippen molar-refractivity contribution in [3.8, 4) is 0 Å². The Balaban J connectivity index is 2.13. The van der Waals surface area contributed by atoms with Crippen molar-refractivity contribution in [1.82, 2.24) is 10.3 Å². The summed E-state index contributed by atoms with van der Waals surface area (Å²) in [5.41, 5.74) is 3.10. The first-order valence-corrected chi connectivity index (χ1v) is 7.14. The fourth-order valence-electron chi connectivity index (χ4n) is 2.07. The average Bonchev–Trinajstić information content (AvgIpc) is 2.77. The molecule has 1 atom stereocenters. The van der Waals surface area contributed by atoms with Crippen LogP contribution in [0, 0.1) is 0 Å². The first kappa shape index (κ1) is 15.0. The Hall–Kier alpha value is -1.39. The van der Waals surface area contributed by atoms with Gasteiger partial charge in [0.15, 0.2) is 5.58 Å². The monoisotopic (exact) mass is 276 g/mol. The maximum Gasteiger partial charge on any atom is 0.209 e. The number of rotatable bonds is 5. The van der Waals surface area contributed by atoms with Gasteiger partial charge in [0.05, 0.1) is 6.54 Å². The number of benzene rings is 1. The summed E-state index contributed by atoms with van der Waals surface area (Å²) >= 11 is 0. The topological polar surface area (TPSA) is 58.3 Å². The summed E-state index contributed by atoms with van der Waals surface area (Å²) in [5, 5.41) is 12.2. The Kier molecular flexibility index (Phi) is 4.45. The van der Waals surface area contributed by atoms with Gasteiger partial charge in [-0.15, -0.1) is 0 Å². The maximum atomic E-state index is 8.88. The second-order valence-corrected chi connectivity index (χ2v) is 6.33. The second kappa shape index (κ2) is 5.94. The fourth-order valence-corrected chi connectivity index (χ4v) is 2.07. The van der Waals surface area contributed by atoms with Crippen molar-refractivity contribution in [2.75, 3.05) is 6.61 Å². The summed E-state index contributed by atoms with van der Waals surface area (Å²) in [4.78, 5) is 4.53. The SMILES string of the molecule is C[C@@H](CCO)NCc1nc2cc(C(C)(C)C)ccc2o1. The lowest BCUT2D eigenvalue weighted by molar-refractivity contribution is 0.267. The molecule has 4 nitrogen and oxygen atoms in total. The molecule has 1 aromatic heterocycles. The van der Waals surface area contributed by atoms with Crippen LogP contribution in [0.1, 0.15) is 45.6 Å². The summed E-state index contributed by atoms with van der Waals surface area (Å²) in [7, 11) is 0. The van der Waals surface area contributed by atoms with Crippen LogP contribution in [0.2, 0.25) is 0 Å². The highest BCUT2D eigenvalue weighted by Crippen LogP contribution is 2.26. The summed E-state index contributed by atoms with van der Waals surface area (Å²) in [6, 6.07) is 6.43. The molecular weight excluding hydrogens is 252 g/mol. The van der Waals surface area contributed by atoms with E-state index in [0.29, 0.717) is 12.4 Å². The Labute approximate surface area is 120 Å². The van der Waals surface area contributed by atoms with Gasteiger partial charge in [-0.05, 0) is 36.5 Å². The number of hydrogen-bond acceptors (Lipinski definition) is 4. The third-order valence-corrected chi connectivity index (χ3v) is 3.46. The van der Waals surface area contributed by atoms with Gasteiger partial charge in [0.2, 0.25) is 5.89 Å². The van der Waals surface area contributed by atoms with Crippen LogP contribution in [0.15, 0.2) is 22.6 Å². The Bertz CT molecular complexity index is 569. The van der Waals surface area contributed by atoms with E-state index in [1.54, 1.807) is 0 Å². The number of oxazole rings is 1. The highest BCUT2D eigenvalue weighted by molar-refractivity contribution is 5.73. The van der Waals surface area contributed by atoms with Crippen molar-refractivity contribution in [2.45, 2.75) is 52.1 Å². The van der Waals surface area contributed by atoms with Gasteiger partial charge in [0.1, 0.15) is 5.52 Å². The molecule has 1 aromatic carbocycles. The van der Waals surface area contributed by atoms with Crippen LogP contribution in [-0.2, 0) is 12.0 Å². The first-order valence-electron chi connectivity index (χ1n) is 7.14. The van der Waals surface area contributed by atoms with Crippen LogP contribution in [0.5, 0.6) is 0 Å². The molecule has 0 bridgehead atoms. The number of aromatic nitrogens is 1. The van der Waals surface area contributed by atoms with E-state index in [1.165, 1.54) is 5.56 Å². The minimum atomic E-state index is 0.112. The molecule has 0 saturated carbocycles. The van der Waals surface area contributed by atoms with E-state index < -0.39 is 0 Å². The summed E-state index contributed by atoms with van der Waals surface area (Å²) in [6.07, 6.45) is 0.731. The van der Waals surface area contributed by atoms with Crippen LogP contribution >= 0.6 is 0 Å². The molecule has 110 valence electrons. The van der Waals surface area contributed by atoms with Crippen molar-refractivity contribution in [1.29, 1.82) is 0 Å². The molecule has 0 fully saturated rings. The van der Waals surface area contributed by atoms with Crippen LogP contribution in [-0.4, -0.2) is 22.7 Å².